The van der Waals surface area contributed by atoms with Gasteiger partial charge in [0.1, 0.15) is 6.04 Å². The average molecular weight is 696 g/mol. The van der Waals surface area contributed by atoms with Crippen LogP contribution in [0.1, 0.15) is 132 Å². The molecule has 4 heterocycles. The molecule has 1 aromatic heterocycles. The molecule has 8 nitrogen and oxygen atoms in total. The van der Waals surface area contributed by atoms with Gasteiger partial charge in [-0.3, -0.25) is 4.79 Å². The third-order valence-corrected chi connectivity index (χ3v) is 15.5. The number of fused-ring (bicyclic) bond motifs is 13. The van der Waals surface area contributed by atoms with Crippen molar-refractivity contribution in [1.82, 2.24) is 4.57 Å². The fraction of sp³-hybridized carbons (Fsp3) is 0.628. The minimum absolute atomic E-state index is 0.0254. The number of aliphatic hydroxyl groups excluding tert-OH is 1. The molecule has 9 rings (SSSR count). The average Bonchev–Trinajstić information content (AvgIpc) is 3.76. The van der Waals surface area contributed by atoms with E-state index >= 15 is 0 Å². The van der Waals surface area contributed by atoms with Gasteiger partial charge in [-0.2, -0.15) is 0 Å². The number of esters is 1. The second-order valence-electron chi connectivity index (χ2n) is 18.8. The van der Waals surface area contributed by atoms with E-state index in [4.69, 9.17) is 14.2 Å². The molecule has 5 unspecified atom stereocenters. The molecule has 0 amide bonds. The zero-order valence-corrected chi connectivity index (χ0v) is 31.6. The number of aromatic nitrogens is 1. The second kappa shape index (κ2) is 9.93. The summed E-state index contributed by atoms with van der Waals surface area (Å²) in [5.41, 5.74) is 5.63. The van der Waals surface area contributed by atoms with Crippen molar-refractivity contribution in [2.24, 2.45) is 28.6 Å². The van der Waals surface area contributed by atoms with Crippen LogP contribution in [0.3, 0.4) is 0 Å². The Balaban J connectivity index is 1.24. The quantitative estimate of drug-likeness (QED) is 0.195. The van der Waals surface area contributed by atoms with Crippen molar-refractivity contribution >= 4 is 28.2 Å². The molecule has 2 saturated carbocycles. The molecule has 2 aromatic rings. The van der Waals surface area contributed by atoms with Gasteiger partial charge >= 0.3 is 5.97 Å². The SMILES string of the molecule is C=C(C)[C@H]1C(=O)c2c3c(cc4c5c(n1c24)[C@@]1(C)C(CCC2[C@]4(C)C[C@@H](/C=C/C(=O)OC)OC4(O)CC[C@@]21C)C5)C1=CC(C)(C)OC(C)(C)C1C3O. The molecule has 8 heteroatoms. The van der Waals surface area contributed by atoms with Gasteiger partial charge in [-0.25, -0.2) is 4.79 Å². The zero-order chi connectivity index (χ0) is 36.6. The molecule has 10 atom stereocenters. The molecule has 0 radical (unpaired) electrons. The lowest BCUT2D eigenvalue weighted by Gasteiger charge is -2.65. The van der Waals surface area contributed by atoms with E-state index in [-0.39, 0.29) is 34.6 Å². The minimum Gasteiger partial charge on any atom is -0.466 e. The van der Waals surface area contributed by atoms with Gasteiger partial charge in [0.05, 0.1) is 41.6 Å². The molecule has 4 aliphatic carbocycles. The Kier molecular flexibility index (Phi) is 6.57. The second-order valence-corrected chi connectivity index (χ2v) is 18.8. The molecular formula is C43H53NO7. The third kappa shape index (κ3) is 3.85. The van der Waals surface area contributed by atoms with Crippen LogP contribution < -0.4 is 0 Å². The van der Waals surface area contributed by atoms with Gasteiger partial charge in [0.25, 0.3) is 0 Å². The fourth-order valence-electron chi connectivity index (χ4n) is 13.5. The van der Waals surface area contributed by atoms with E-state index < -0.39 is 40.5 Å². The van der Waals surface area contributed by atoms with Gasteiger partial charge in [-0.1, -0.05) is 32.9 Å². The number of ketones is 1. The number of aliphatic hydroxyl groups is 2. The molecule has 51 heavy (non-hydrogen) atoms. The van der Waals surface area contributed by atoms with Crippen LogP contribution >= 0.6 is 0 Å². The summed E-state index contributed by atoms with van der Waals surface area (Å²) in [6, 6.07) is 1.76. The normalized spacial score (nSPS) is 42.3. The molecule has 3 aliphatic heterocycles. The number of carbonyl (C=O) groups excluding carboxylic acids is 2. The Morgan fingerprint density at radius 2 is 1.82 bits per heavy atom. The highest BCUT2D eigenvalue weighted by Gasteiger charge is 2.73. The van der Waals surface area contributed by atoms with Crippen LogP contribution in [-0.4, -0.2) is 56.7 Å². The maximum atomic E-state index is 14.9. The number of benzene rings is 1. The van der Waals surface area contributed by atoms with Crippen molar-refractivity contribution in [3.05, 3.63) is 64.4 Å². The highest BCUT2D eigenvalue weighted by Crippen LogP contribution is 2.74. The number of rotatable bonds is 3. The molecule has 272 valence electrons. The molecule has 0 bridgehead atoms. The van der Waals surface area contributed by atoms with Crippen LogP contribution in [-0.2, 0) is 30.8 Å². The summed E-state index contributed by atoms with van der Waals surface area (Å²) >= 11 is 0. The molecule has 3 fully saturated rings. The lowest BCUT2D eigenvalue weighted by atomic mass is 9.40. The molecule has 2 N–H and O–H groups in total. The number of carbonyl (C=O) groups is 2. The largest absolute Gasteiger partial charge is 0.466 e. The molecule has 1 aromatic carbocycles. The van der Waals surface area contributed by atoms with Gasteiger partial charge in [-0.15, -0.1) is 0 Å². The van der Waals surface area contributed by atoms with E-state index in [0.29, 0.717) is 24.3 Å². The van der Waals surface area contributed by atoms with Crippen molar-refractivity contribution in [1.29, 1.82) is 0 Å². The van der Waals surface area contributed by atoms with E-state index in [1.54, 1.807) is 6.08 Å². The highest BCUT2D eigenvalue weighted by atomic mass is 16.6. The number of ether oxygens (including phenoxy) is 3. The number of Topliss-reactive ketones (excluding diaryl/α,β-unsaturated/α-hetero) is 1. The summed E-state index contributed by atoms with van der Waals surface area (Å²) in [4.78, 5) is 26.9. The lowest BCUT2D eigenvalue weighted by Crippen LogP contribution is -2.65. The van der Waals surface area contributed by atoms with Gasteiger partial charge in [0.15, 0.2) is 11.6 Å². The first-order valence-electron chi connectivity index (χ1n) is 19.0. The maximum absolute atomic E-state index is 14.9. The monoisotopic (exact) mass is 695 g/mol. The minimum atomic E-state index is -1.30. The van der Waals surface area contributed by atoms with Crippen LogP contribution in [0.5, 0.6) is 0 Å². The van der Waals surface area contributed by atoms with Crippen molar-refractivity contribution in [2.75, 3.05) is 7.11 Å². The number of hydrogen-bond donors (Lipinski definition) is 2. The van der Waals surface area contributed by atoms with Gasteiger partial charge in [0.2, 0.25) is 0 Å². The first kappa shape index (κ1) is 33.8. The highest BCUT2D eigenvalue weighted by molar-refractivity contribution is 6.18. The van der Waals surface area contributed by atoms with Crippen LogP contribution in [0.2, 0.25) is 0 Å². The van der Waals surface area contributed by atoms with Crippen LogP contribution in [0, 0.1) is 28.6 Å². The van der Waals surface area contributed by atoms with Crippen molar-refractivity contribution in [3.63, 3.8) is 0 Å². The van der Waals surface area contributed by atoms with Crippen molar-refractivity contribution in [3.8, 4) is 0 Å². The molecule has 1 saturated heterocycles. The standard InChI is InChI=1S/C43H53NO7/c1-21(2)33-36(47)31-30-24(27-20-38(3,4)51-39(5,6)32(27)35(30)46)18-25-26-17-22-11-13-28-40(7,42(22,9)37(26)44(33)34(25)31)15-16-43(48)41(28,8)19-23(50-43)12-14-29(45)49-10/h12,14,18,20,22-23,28,32-33,35,46,48H,1,11,13,15-17,19H2,2-10H3/b14-12+/t22?,23-,28?,32?,33+,35?,40+,41+,42-,43?/m1/s1. The predicted molar refractivity (Wildman–Crippen MR) is 194 cm³/mol. The van der Waals surface area contributed by atoms with E-state index in [9.17, 15) is 19.8 Å². The van der Waals surface area contributed by atoms with Crippen molar-refractivity contribution in [2.45, 2.75) is 135 Å². The number of nitrogens with zero attached hydrogens (tertiary/aromatic N) is 1. The van der Waals surface area contributed by atoms with Gasteiger partial charge < -0.3 is 29.0 Å². The Morgan fingerprint density at radius 3 is 2.51 bits per heavy atom. The van der Waals surface area contributed by atoms with Crippen LogP contribution in [0.4, 0.5) is 0 Å². The Morgan fingerprint density at radius 1 is 1.10 bits per heavy atom. The zero-order valence-electron chi connectivity index (χ0n) is 31.6. The predicted octanol–water partition coefficient (Wildman–Crippen LogP) is 7.44. The molecule has 7 aliphatic rings. The third-order valence-electron chi connectivity index (χ3n) is 15.5. The van der Waals surface area contributed by atoms with E-state index in [0.717, 1.165) is 58.9 Å². The Labute approximate surface area is 300 Å². The maximum Gasteiger partial charge on any atom is 0.330 e. The van der Waals surface area contributed by atoms with Crippen LogP contribution in [0.15, 0.2) is 36.4 Å². The Hall–Kier alpha value is -3.04. The number of hydrogen-bond acceptors (Lipinski definition) is 7. The summed E-state index contributed by atoms with van der Waals surface area (Å²) in [7, 11) is 1.36. The lowest BCUT2D eigenvalue weighted by molar-refractivity contribution is -0.294. The number of allylic oxidation sites excluding steroid dienone is 1. The van der Waals surface area contributed by atoms with Gasteiger partial charge in [0, 0.05) is 45.9 Å². The first-order chi connectivity index (χ1) is 23.7. The fourth-order valence-corrected chi connectivity index (χ4v) is 13.5. The van der Waals surface area contributed by atoms with E-state index in [1.807, 2.05) is 6.92 Å². The summed E-state index contributed by atoms with van der Waals surface area (Å²) in [6.07, 6.45) is 8.86. The Bertz CT molecular complexity index is 2050. The van der Waals surface area contributed by atoms with E-state index in [2.05, 4.69) is 71.8 Å². The summed E-state index contributed by atoms with van der Waals surface area (Å²) in [5.74, 6) is -1.47. The molecular weight excluding hydrogens is 642 g/mol. The topological polar surface area (TPSA) is 107 Å². The summed E-state index contributed by atoms with van der Waals surface area (Å²) in [6.45, 7) is 21.7. The van der Waals surface area contributed by atoms with Crippen LogP contribution in [0.25, 0.3) is 16.5 Å². The smallest absolute Gasteiger partial charge is 0.330 e. The van der Waals surface area contributed by atoms with Crippen molar-refractivity contribution < 1.29 is 34.0 Å². The first-order valence-corrected chi connectivity index (χ1v) is 19.0. The number of methoxy groups -OCH3 is 1. The summed E-state index contributed by atoms with van der Waals surface area (Å²) < 4.78 is 20.1. The van der Waals surface area contributed by atoms with Gasteiger partial charge in [-0.05, 0) is 119 Å². The molecule has 0 spiro atoms. The van der Waals surface area contributed by atoms with E-state index in [1.165, 1.54) is 24.4 Å². The summed E-state index contributed by atoms with van der Waals surface area (Å²) in [5, 5.41) is 25.5.